The van der Waals surface area contributed by atoms with Crippen molar-refractivity contribution in [2.75, 3.05) is 12.3 Å². The number of ether oxygens (including phenoxy) is 1. The van der Waals surface area contributed by atoms with Crippen LogP contribution in [0.15, 0.2) is 59.8 Å². The van der Waals surface area contributed by atoms with Gasteiger partial charge in [0, 0.05) is 13.1 Å². The lowest BCUT2D eigenvalue weighted by atomic mass is 10.1. The predicted octanol–water partition coefficient (Wildman–Crippen LogP) is 4.53. The van der Waals surface area contributed by atoms with E-state index in [0.717, 1.165) is 36.1 Å². The summed E-state index contributed by atoms with van der Waals surface area (Å²) in [5, 5.41) is 12.4. The van der Waals surface area contributed by atoms with Gasteiger partial charge in [-0.3, -0.25) is 4.79 Å². The molecule has 1 aromatic heterocycles. The molecule has 32 heavy (non-hydrogen) atoms. The van der Waals surface area contributed by atoms with Gasteiger partial charge < -0.3 is 14.6 Å². The van der Waals surface area contributed by atoms with Crippen molar-refractivity contribution in [1.29, 1.82) is 0 Å². The number of hydrogen-bond donors (Lipinski definition) is 1. The number of thioether (sulfide) groups is 1. The quantitative estimate of drug-likeness (QED) is 0.409. The van der Waals surface area contributed by atoms with Crippen LogP contribution in [0.2, 0.25) is 0 Å². The fourth-order valence-electron chi connectivity index (χ4n) is 3.22. The van der Waals surface area contributed by atoms with Crippen molar-refractivity contribution >= 4 is 17.7 Å². The third kappa shape index (κ3) is 7.41. The number of amides is 1. The van der Waals surface area contributed by atoms with Gasteiger partial charge in [0.25, 0.3) is 0 Å². The lowest BCUT2D eigenvalue weighted by Crippen LogP contribution is -2.27. The van der Waals surface area contributed by atoms with Gasteiger partial charge in [-0.05, 0) is 42.0 Å². The number of rotatable bonds is 12. The van der Waals surface area contributed by atoms with Crippen LogP contribution >= 0.6 is 11.8 Å². The molecule has 0 saturated carbocycles. The molecule has 0 aliphatic heterocycles. The zero-order valence-electron chi connectivity index (χ0n) is 19.1. The van der Waals surface area contributed by atoms with Gasteiger partial charge in [0.1, 0.15) is 12.4 Å². The van der Waals surface area contributed by atoms with Crippen molar-refractivity contribution in [2.24, 2.45) is 5.92 Å². The number of carbonyl (C=O) groups is 1. The number of nitrogens with one attached hydrogen (secondary N) is 1. The zero-order valence-corrected chi connectivity index (χ0v) is 19.9. The first-order valence-electron chi connectivity index (χ1n) is 11.1. The molecule has 0 atom stereocenters. The molecular formula is C25H32N4O2S. The smallest absolute Gasteiger partial charge is 0.230 e. The maximum Gasteiger partial charge on any atom is 0.230 e. The summed E-state index contributed by atoms with van der Waals surface area (Å²) in [7, 11) is 0. The second kappa shape index (κ2) is 12.3. The second-order valence-corrected chi connectivity index (χ2v) is 9.01. The molecule has 1 amide bonds. The lowest BCUT2D eigenvalue weighted by Gasteiger charge is -2.13. The second-order valence-electron chi connectivity index (χ2n) is 8.06. The largest absolute Gasteiger partial charge is 0.486 e. The van der Waals surface area contributed by atoms with Gasteiger partial charge in [0.15, 0.2) is 11.0 Å². The van der Waals surface area contributed by atoms with Crippen LogP contribution in [-0.2, 0) is 30.8 Å². The topological polar surface area (TPSA) is 69.0 Å². The highest BCUT2D eigenvalue weighted by atomic mass is 32.2. The number of carbonyl (C=O) groups excluding carboxylic acids is 1. The molecule has 0 spiro atoms. The minimum atomic E-state index is -0.00107. The van der Waals surface area contributed by atoms with E-state index in [0.29, 0.717) is 24.8 Å². The summed E-state index contributed by atoms with van der Waals surface area (Å²) in [5.41, 5.74) is 2.49. The highest BCUT2D eigenvalue weighted by Gasteiger charge is 2.16. The first-order chi connectivity index (χ1) is 15.5. The number of aryl methyl sites for hydroxylation is 1. The van der Waals surface area contributed by atoms with Gasteiger partial charge in [-0.2, -0.15) is 0 Å². The summed E-state index contributed by atoms with van der Waals surface area (Å²) in [5.74, 6) is 2.31. The van der Waals surface area contributed by atoms with E-state index in [1.807, 2.05) is 30.3 Å². The first-order valence-corrected chi connectivity index (χ1v) is 12.1. The summed E-state index contributed by atoms with van der Waals surface area (Å²) in [6.07, 6.45) is 1.82. The molecule has 0 saturated heterocycles. The van der Waals surface area contributed by atoms with Crippen LogP contribution in [0.1, 0.15) is 37.7 Å². The van der Waals surface area contributed by atoms with Crippen molar-refractivity contribution in [1.82, 2.24) is 20.1 Å². The molecule has 170 valence electrons. The minimum absolute atomic E-state index is 0.00107. The molecule has 1 heterocycles. The third-order valence-electron chi connectivity index (χ3n) is 4.95. The van der Waals surface area contributed by atoms with Crippen LogP contribution < -0.4 is 10.1 Å². The monoisotopic (exact) mass is 452 g/mol. The molecule has 6 nitrogen and oxygen atoms in total. The molecule has 0 radical (unpaired) electrons. The number of nitrogens with zero attached hydrogens (tertiary/aromatic N) is 3. The average Bonchev–Trinajstić information content (AvgIpc) is 3.18. The van der Waals surface area contributed by atoms with Crippen LogP contribution in [0.5, 0.6) is 5.75 Å². The van der Waals surface area contributed by atoms with E-state index in [4.69, 9.17) is 4.74 Å². The molecule has 3 rings (SSSR count). The SMILES string of the molecule is CCc1ccc(OCc2nnc(SCC(=O)NCCc3ccccc3)n2CC(C)C)cc1. The van der Waals surface area contributed by atoms with Gasteiger partial charge in [-0.1, -0.05) is 75.0 Å². The fourth-order valence-corrected chi connectivity index (χ4v) is 4.02. The van der Waals surface area contributed by atoms with E-state index in [1.165, 1.54) is 22.9 Å². The summed E-state index contributed by atoms with van der Waals surface area (Å²) < 4.78 is 8.00. The van der Waals surface area contributed by atoms with Crippen LogP contribution in [0.4, 0.5) is 0 Å². The van der Waals surface area contributed by atoms with Crippen molar-refractivity contribution in [3.05, 3.63) is 71.5 Å². The Bertz CT molecular complexity index is 971. The predicted molar refractivity (Wildman–Crippen MR) is 129 cm³/mol. The molecule has 1 N–H and O–H groups in total. The highest BCUT2D eigenvalue weighted by molar-refractivity contribution is 7.99. The molecule has 0 unspecified atom stereocenters. The number of hydrogen-bond acceptors (Lipinski definition) is 5. The summed E-state index contributed by atoms with van der Waals surface area (Å²) in [6.45, 7) is 8.18. The standard InChI is InChI=1S/C25H32N4O2S/c1-4-20-10-12-22(13-11-20)31-17-23-27-28-25(29(23)16-19(2)3)32-18-24(30)26-15-14-21-8-6-5-7-9-21/h5-13,19H,4,14-18H2,1-3H3,(H,26,30). The molecular weight excluding hydrogens is 420 g/mol. The van der Waals surface area contributed by atoms with Gasteiger partial charge in [-0.15, -0.1) is 10.2 Å². The molecule has 0 aliphatic carbocycles. The van der Waals surface area contributed by atoms with E-state index < -0.39 is 0 Å². The lowest BCUT2D eigenvalue weighted by molar-refractivity contribution is -0.118. The van der Waals surface area contributed by atoms with Gasteiger partial charge in [0.05, 0.1) is 5.75 Å². The minimum Gasteiger partial charge on any atom is -0.486 e. The van der Waals surface area contributed by atoms with Crippen LogP contribution in [-0.4, -0.2) is 33.0 Å². The van der Waals surface area contributed by atoms with Crippen molar-refractivity contribution in [3.8, 4) is 5.75 Å². The molecule has 0 fully saturated rings. The third-order valence-corrected chi connectivity index (χ3v) is 5.92. The van der Waals surface area contributed by atoms with E-state index in [-0.39, 0.29) is 5.91 Å². The summed E-state index contributed by atoms with van der Waals surface area (Å²) >= 11 is 1.41. The van der Waals surface area contributed by atoms with Crippen LogP contribution in [0, 0.1) is 5.92 Å². The van der Waals surface area contributed by atoms with Gasteiger partial charge in [-0.25, -0.2) is 0 Å². The Labute approximate surface area is 194 Å². The highest BCUT2D eigenvalue weighted by Crippen LogP contribution is 2.20. The Hall–Kier alpha value is -2.80. The Morgan fingerprint density at radius 1 is 1.06 bits per heavy atom. The maximum atomic E-state index is 12.3. The van der Waals surface area contributed by atoms with E-state index in [9.17, 15) is 4.79 Å². The van der Waals surface area contributed by atoms with Gasteiger partial charge in [0.2, 0.25) is 5.91 Å². The van der Waals surface area contributed by atoms with E-state index in [1.54, 1.807) is 0 Å². The number of aromatic nitrogens is 3. The van der Waals surface area contributed by atoms with Crippen molar-refractivity contribution in [2.45, 2.75) is 51.9 Å². The first kappa shape index (κ1) is 23.9. The normalized spacial score (nSPS) is 11.0. The fraction of sp³-hybridized carbons (Fsp3) is 0.400. The van der Waals surface area contributed by atoms with E-state index in [2.05, 4.69) is 65.1 Å². The zero-order chi connectivity index (χ0) is 22.8. The van der Waals surface area contributed by atoms with Crippen molar-refractivity contribution in [3.63, 3.8) is 0 Å². The molecule has 2 aromatic carbocycles. The Morgan fingerprint density at radius 2 is 1.81 bits per heavy atom. The molecule has 0 aliphatic rings. The molecule has 7 heteroatoms. The Morgan fingerprint density at radius 3 is 2.50 bits per heavy atom. The Kier molecular flexibility index (Phi) is 9.16. The molecule has 3 aromatic rings. The average molecular weight is 453 g/mol. The Balaban J connectivity index is 1.53. The van der Waals surface area contributed by atoms with Crippen LogP contribution in [0.25, 0.3) is 0 Å². The van der Waals surface area contributed by atoms with Gasteiger partial charge >= 0.3 is 0 Å². The summed E-state index contributed by atoms with van der Waals surface area (Å²) in [4.78, 5) is 12.3. The van der Waals surface area contributed by atoms with Crippen molar-refractivity contribution < 1.29 is 9.53 Å². The van der Waals surface area contributed by atoms with Crippen LogP contribution in [0.3, 0.4) is 0 Å². The summed E-state index contributed by atoms with van der Waals surface area (Å²) in [6, 6.07) is 18.3. The maximum absolute atomic E-state index is 12.3. The van der Waals surface area contributed by atoms with E-state index >= 15 is 0 Å². The number of benzene rings is 2. The molecule has 0 bridgehead atoms.